The Morgan fingerprint density at radius 2 is 2.12 bits per heavy atom. The molecule has 0 amide bonds. The first kappa shape index (κ1) is 6.09. The van der Waals surface area contributed by atoms with Crippen molar-refractivity contribution in [2.75, 3.05) is 0 Å². The molecule has 47 valence electrons. The van der Waals surface area contributed by atoms with Gasteiger partial charge in [0.1, 0.15) is 0 Å². The van der Waals surface area contributed by atoms with Crippen LogP contribution in [-0.4, -0.2) is 10.7 Å². The van der Waals surface area contributed by atoms with Crippen molar-refractivity contribution in [3.63, 3.8) is 0 Å². The van der Waals surface area contributed by atoms with Crippen molar-refractivity contribution in [3.05, 3.63) is 6.92 Å². The first-order chi connectivity index (χ1) is 3.77. The molecule has 1 heteroatoms. The standard InChI is InChI=1S/C7H13O/c1-2-4-7(8)5-3-6-7/h8H,1-6H2. The molecule has 1 rings (SSSR count). The normalized spacial score (nSPS) is 24.8. The molecule has 0 aromatic carbocycles. The predicted molar refractivity (Wildman–Crippen MR) is 33.4 cm³/mol. The fourth-order valence-electron chi connectivity index (χ4n) is 1.16. The van der Waals surface area contributed by atoms with E-state index in [9.17, 15) is 5.11 Å². The van der Waals surface area contributed by atoms with Crippen molar-refractivity contribution < 1.29 is 5.11 Å². The number of hydrogen-bond acceptors (Lipinski definition) is 1. The van der Waals surface area contributed by atoms with Gasteiger partial charge in [-0.25, -0.2) is 0 Å². The van der Waals surface area contributed by atoms with E-state index < -0.39 is 0 Å². The highest BCUT2D eigenvalue weighted by molar-refractivity contribution is 4.87. The lowest BCUT2D eigenvalue weighted by atomic mass is 9.77. The van der Waals surface area contributed by atoms with Crippen LogP contribution in [0.3, 0.4) is 0 Å². The Labute approximate surface area is 50.7 Å². The Bertz CT molecular complexity index is 74.5. The average Bonchev–Trinajstić information content (AvgIpc) is 1.64. The van der Waals surface area contributed by atoms with Crippen LogP contribution in [0.2, 0.25) is 0 Å². The summed E-state index contributed by atoms with van der Waals surface area (Å²) in [5.41, 5.74) is -0.290. The molecule has 8 heavy (non-hydrogen) atoms. The van der Waals surface area contributed by atoms with E-state index in [2.05, 4.69) is 6.92 Å². The molecule has 0 aliphatic heterocycles. The highest BCUT2D eigenvalue weighted by Gasteiger charge is 2.32. The van der Waals surface area contributed by atoms with E-state index in [4.69, 9.17) is 0 Å². The van der Waals surface area contributed by atoms with E-state index in [1.165, 1.54) is 6.42 Å². The molecule has 0 spiro atoms. The summed E-state index contributed by atoms with van der Waals surface area (Å²) in [6, 6.07) is 0. The molecule has 0 unspecified atom stereocenters. The summed E-state index contributed by atoms with van der Waals surface area (Å²) in [4.78, 5) is 0. The lowest BCUT2D eigenvalue weighted by Gasteiger charge is -2.36. The Morgan fingerprint density at radius 1 is 1.50 bits per heavy atom. The van der Waals surface area contributed by atoms with Gasteiger partial charge in [-0.05, 0) is 25.7 Å². The summed E-state index contributed by atoms with van der Waals surface area (Å²) >= 11 is 0. The smallest absolute Gasteiger partial charge is 0.0647 e. The fourth-order valence-corrected chi connectivity index (χ4v) is 1.16. The quantitative estimate of drug-likeness (QED) is 0.575. The molecule has 0 heterocycles. The molecular formula is C7H13O. The zero-order chi connectivity index (χ0) is 6.04. The second-order valence-electron chi connectivity index (χ2n) is 2.68. The predicted octanol–water partition coefficient (Wildman–Crippen LogP) is 1.52. The Kier molecular flexibility index (Phi) is 1.57. The van der Waals surface area contributed by atoms with Gasteiger partial charge in [-0.15, -0.1) is 0 Å². The molecule has 0 atom stereocenters. The Hall–Kier alpha value is -0.0400. The van der Waals surface area contributed by atoms with E-state index in [0.717, 1.165) is 25.7 Å². The SMILES string of the molecule is [CH2]CCC1(O)CCC1. The summed E-state index contributed by atoms with van der Waals surface area (Å²) in [6.07, 6.45) is 4.98. The molecule has 0 bridgehead atoms. The topological polar surface area (TPSA) is 20.2 Å². The third kappa shape index (κ3) is 1.03. The van der Waals surface area contributed by atoms with Gasteiger partial charge >= 0.3 is 0 Å². The summed E-state index contributed by atoms with van der Waals surface area (Å²) in [5, 5.41) is 9.37. The van der Waals surface area contributed by atoms with Crippen LogP contribution in [0.4, 0.5) is 0 Å². The molecule has 1 fully saturated rings. The summed E-state index contributed by atoms with van der Waals surface area (Å²) in [6.45, 7) is 3.69. The summed E-state index contributed by atoms with van der Waals surface area (Å²) in [5.74, 6) is 0. The molecule has 1 aliphatic rings. The van der Waals surface area contributed by atoms with Gasteiger partial charge in [-0.1, -0.05) is 13.3 Å². The van der Waals surface area contributed by atoms with E-state index in [-0.39, 0.29) is 5.60 Å². The van der Waals surface area contributed by atoms with E-state index in [0.29, 0.717) is 0 Å². The number of rotatable bonds is 2. The van der Waals surface area contributed by atoms with E-state index >= 15 is 0 Å². The van der Waals surface area contributed by atoms with Gasteiger partial charge in [0.25, 0.3) is 0 Å². The lowest BCUT2D eigenvalue weighted by Crippen LogP contribution is -2.36. The van der Waals surface area contributed by atoms with Gasteiger partial charge in [-0.2, -0.15) is 0 Å². The van der Waals surface area contributed by atoms with Crippen LogP contribution in [0.1, 0.15) is 32.1 Å². The maximum atomic E-state index is 9.37. The van der Waals surface area contributed by atoms with Crippen LogP contribution in [0.25, 0.3) is 0 Å². The molecule has 1 saturated carbocycles. The molecule has 1 nitrogen and oxygen atoms in total. The molecule has 0 aromatic heterocycles. The van der Waals surface area contributed by atoms with Crippen molar-refractivity contribution in [3.8, 4) is 0 Å². The maximum absolute atomic E-state index is 9.37. The Balaban J connectivity index is 2.20. The van der Waals surface area contributed by atoms with Crippen LogP contribution >= 0.6 is 0 Å². The summed E-state index contributed by atoms with van der Waals surface area (Å²) < 4.78 is 0. The molecule has 1 radical (unpaired) electrons. The molecule has 1 N–H and O–H groups in total. The average molecular weight is 113 g/mol. The largest absolute Gasteiger partial charge is 0.390 e. The van der Waals surface area contributed by atoms with Crippen LogP contribution < -0.4 is 0 Å². The molecule has 0 aromatic rings. The monoisotopic (exact) mass is 113 g/mol. The second kappa shape index (κ2) is 2.06. The van der Waals surface area contributed by atoms with Crippen LogP contribution in [0.15, 0.2) is 0 Å². The van der Waals surface area contributed by atoms with E-state index in [1.807, 2.05) is 0 Å². The van der Waals surface area contributed by atoms with Crippen molar-refractivity contribution >= 4 is 0 Å². The minimum Gasteiger partial charge on any atom is -0.390 e. The van der Waals surface area contributed by atoms with Crippen LogP contribution in [0.5, 0.6) is 0 Å². The van der Waals surface area contributed by atoms with Gasteiger partial charge in [0.2, 0.25) is 0 Å². The van der Waals surface area contributed by atoms with Crippen LogP contribution in [-0.2, 0) is 0 Å². The van der Waals surface area contributed by atoms with Crippen molar-refractivity contribution in [1.82, 2.24) is 0 Å². The minimum atomic E-state index is -0.290. The van der Waals surface area contributed by atoms with Crippen molar-refractivity contribution in [2.24, 2.45) is 0 Å². The maximum Gasteiger partial charge on any atom is 0.0647 e. The fraction of sp³-hybridized carbons (Fsp3) is 0.857. The van der Waals surface area contributed by atoms with Crippen molar-refractivity contribution in [2.45, 2.75) is 37.7 Å². The van der Waals surface area contributed by atoms with Gasteiger partial charge in [0.05, 0.1) is 5.60 Å². The Morgan fingerprint density at radius 3 is 2.25 bits per heavy atom. The zero-order valence-corrected chi connectivity index (χ0v) is 5.19. The third-order valence-corrected chi connectivity index (χ3v) is 1.93. The minimum absolute atomic E-state index is 0.290. The lowest BCUT2D eigenvalue weighted by molar-refractivity contribution is -0.0393. The second-order valence-corrected chi connectivity index (χ2v) is 2.68. The first-order valence-corrected chi connectivity index (χ1v) is 3.28. The highest BCUT2D eigenvalue weighted by atomic mass is 16.3. The molecular weight excluding hydrogens is 100 g/mol. The first-order valence-electron chi connectivity index (χ1n) is 3.28. The number of hydrogen-bond donors (Lipinski definition) is 1. The van der Waals surface area contributed by atoms with Gasteiger partial charge in [0.15, 0.2) is 0 Å². The van der Waals surface area contributed by atoms with Gasteiger partial charge in [0, 0.05) is 0 Å². The van der Waals surface area contributed by atoms with Crippen molar-refractivity contribution in [1.29, 1.82) is 0 Å². The van der Waals surface area contributed by atoms with Gasteiger partial charge in [-0.3, -0.25) is 0 Å². The summed E-state index contributed by atoms with van der Waals surface area (Å²) in [7, 11) is 0. The van der Waals surface area contributed by atoms with Crippen LogP contribution in [0, 0.1) is 6.92 Å². The molecule has 1 aliphatic carbocycles. The zero-order valence-electron chi connectivity index (χ0n) is 5.19. The highest BCUT2D eigenvalue weighted by Crippen LogP contribution is 2.35. The van der Waals surface area contributed by atoms with Gasteiger partial charge < -0.3 is 5.11 Å². The van der Waals surface area contributed by atoms with E-state index in [1.54, 1.807) is 0 Å². The molecule has 0 saturated heterocycles. The number of aliphatic hydroxyl groups is 1. The third-order valence-electron chi connectivity index (χ3n) is 1.93.